The van der Waals surface area contributed by atoms with E-state index in [0.717, 1.165) is 18.2 Å². The van der Waals surface area contributed by atoms with E-state index in [1.54, 1.807) is 13.0 Å². The number of benzene rings is 2. The maximum absolute atomic E-state index is 14.7. The molecule has 12 heteroatoms. The number of nitrogens with one attached hydrogen (secondary N) is 3. The van der Waals surface area contributed by atoms with Crippen LogP contribution in [0, 0.1) is 5.82 Å². The number of dihydropyridines is 1. The first-order chi connectivity index (χ1) is 17.3. The van der Waals surface area contributed by atoms with Gasteiger partial charge in [0.25, 0.3) is 0 Å². The summed E-state index contributed by atoms with van der Waals surface area (Å²) in [5.41, 5.74) is -2.22. The van der Waals surface area contributed by atoms with Crippen molar-refractivity contribution in [1.29, 1.82) is 0 Å². The second-order valence-corrected chi connectivity index (χ2v) is 8.63. The summed E-state index contributed by atoms with van der Waals surface area (Å²) in [7, 11) is 0. The van der Waals surface area contributed by atoms with Gasteiger partial charge in [0.2, 0.25) is 0 Å². The minimum absolute atomic E-state index is 0.222. The lowest BCUT2D eigenvalue weighted by Crippen LogP contribution is -2.31. The largest absolute Gasteiger partial charge is 0.493 e. The number of allylic oxidation sites excluding steroid dienone is 2. The Bertz CT molecular complexity index is 1210. The highest BCUT2D eigenvalue weighted by molar-refractivity contribution is 6.00. The van der Waals surface area contributed by atoms with Crippen molar-refractivity contribution in [3.8, 4) is 5.75 Å². The smallest absolute Gasteiger partial charge is 0.420 e. The van der Waals surface area contributed by atoms with Crippen LogP contribution in [0.1, 0.15) is 31.9 Å². The van der Waals surface area contributed by atoms with Gasteiger partial charge in [0.15, 0.2) is 6.23 Å². The predicted molar refractivity (Wildman–Crippen MR) is 128 cm³/mol. The first kappa shape index (κ1) is 27.8. The van der Waals surface area contributed by atoms with Crippen LogP contribution in [0.2, 0.25) is 0 Å². The van der Waals surface area contributed by atoms with Gasteiger partial charge in [-0.25, -0.2) is 13.6 Å². The summed E-state index contributed by atoms with van der Waals surface area (Å²) in [6.07, 6.45) is -2.86. The van der Waals surface area contributed by atoms with Gasteiger partial charge in [0.1, 0.15) is 29.6 Å². The number of rotatable bonds is 8. The van der Waals surface area contributed by atoms with Gasteiger partial charge in [-0.2, -0.15) is 13.2 Å². The van der Waals surface area contributed by atoms with Crippen LogP contribution in [0.25, 0.3) is 5.57 Å². The number of urea groups is 1. The van der Waals surface area contributed by atoms with Crippen molar-refractivity contribution in [1.82, 2.24) is 5.32 Å². The van der Waals surface area contributed by atoms with E-state index in [1.165, 1.54) is 32.2 Å². The molecule has 7 nitrogen and oxygen atoms in total. The Morgan fingerprint density at radius 2 is 1.86 bits per heavy atom. The maximum Gasteiger partial charge on any atom is 0.420 e. The van der Waals surface area contributed by atoms with Gasteiger partial charge in [-0.1, -0.05) is 6.07 Å². The molecule has 0 aliphatic carbocycles. The molecule has 1 unspecified atom stereocenters. The molecule has 1 heterocycles. The van der Waals surface area contributed by atoms with Crippen LogP contribution in [0.5, 0.6) is 5.75 Å². The minimum Gasteiger partial charge on any atom is -0.493 e. The van der Waals surface area contributed by atoms with E-state index < -0.39 is 47.8 Å². The van der Waals surface area contributed by atoms with Crippen molar-refractivity contribution >= 4 is 23.0 Å². The average molecular weight is 527 g/mol. The molecule has 0 saturated carbocycles. The van der Waals surface area contributed by atoms with E-state index in [4.69, 9.17) is 9.47 Å². The fourth-order valence-corrected chi connectivity index (χ4v) is 3.30. The van der Waals surface area contributed by atoms with Crippen LogP contribution in [-0.4, -0.2) is 36.2 Å². The summed E-state index contributed by atoms with van der Waals surface area (Å²) in [5, 5.41) is 17.0. The Kier molecular flexibility index (Phi) is 8.32. The van der Waals surface area contributed by atoms with Gasteiger partial charge in [-0.15, -0.1) is 0 Å². The predicted octanol–water partition coefficient (Wildman–Crippen LogP) is 5.80. The molecule has 4 N–H and O–H groups in total. The lowest BCUT2D eigenvalue weighted by molar-refractivity contribution is -0.139. The number of carbonyl (C=O) groups excluding carboxylic acids is 1. The average Bonchev–Trinajstić information content (AvgIpc) is 2.82. The molecule has 0 spiro atoms. The zero-order chi connectivity index (χ0) is 27.4. The number of ether oxygens (including phenoxy) is 2. The normalized spacial score (nSPS) is 15.8. The lowest BCUT2D eigenvalue weighted by atomic mass is 10.0. The number of alkyl halides is 4. The van der Waals surface area contributed by atoms with Crippen molar-refractivity contribution in [2.45, 2.75) is 38.8 Å². The Morgan fingerprint density at radius 1 is 1.14 bits per heavy atom. The summed E-state index contributed by atoms with van der Waals surface area (Å²) in [4.78, 5) is 12.4. The Balaban J connectivity index is 1.74. The molecule has 1 aliphatic heterocycles. The summed E-state index contributed by atoms with van der Waals surface area (Å²) in [6.45, 7) is 3.64. The van der Waals surface area contributed by atoms with E-state index in [9.17, 15) is 31.9 Å². The van der Waals surface area contributed by atoms with Crippen molar-refractivity contribution in [2.24, 2.45) is 0 Å². The molecule has 1 aliphatic rings. The van der Waals surface area contributed by atoms with Gasteiger partial charge in [0, 0.05) is 17.5 Å². The second-order valence-electron chi connectivity index (χ2n) is 8.63. The molecular formula is C25H26F5N3O4. The molecular weight excluding hydrogens is 501 g/mol. The third-order valence-corrected chi connectivity index (χ3v) is 5.08. The van der Waals surface area contributed by atoms with Gasteiger partial charge >= 0.3 is 12.2 Å². The molecule has 2 aromatic carbocycles. The summed E-state index contributed by atoms with van der Waals surface area (Å²) in [5.74, 6) is -1.15. The molecule has 200 valence electrons. The molecule has 0 aromatic heterocycles. The van der Waals surface area contributed by atoms with Crippen molar-refractivity contribution < 1.29 is 41.3 Å². The van der Waals surface area contributed by atoms with Gasteiger partial charge < -0.3 is 30.5 Å². The van der Waals surface area contributed by atoms with Crippen LogP contribution in [0.3, 0.4) is 0 Å². The van der Waals surface area contributed by atoms with Gasteiger partial charge in [-0.05, 0) is 62.7 Å². The van der Waals surface area contributed by atoms with Crippen LogP contribution in [0.4, 0.5) is 38.1 Å². The number of anilines is 2. The molecule has 2 aromatic rings. The zero-order valence-electron chi connectivity index (χ0n) is 20.2. The topological polar surface area (TPSA) is 91.9 Å². The van der Waals surface area contributed by atoms with E-state index in [0.29, 0.717) is 23.8 Å². The maximum atomic E-state index is 14.7. The number of hydrogen-bond donors (Lipinski definition) is 4. The van der Waals surface area contributed by atoms with E-state index >= 15 is 0 Å². The van der Waals surface area contributed by atoms with Crippen LogP contribution in [0.15, 0.2) is 54.4 Å². The highest BCUT2D eigenvalue weighted by atomic mass is 19.4. The SMILES string of the molecule is CCOC1=CC(c2ccc(NC(=O)Nc3ccc(OC(C)(C)CF)c(C(F)(F)F)c3)c(F)c2)=CNC1O. The summed E-state index contributed by atoms with van der Waals surface area (Å²) < 4.78 is 78.9. The Labute approximate surface area is 210 Å². The molecule has 1 atom stereocenters. The standard InChI is InChI=1S/C25H26F5N3O4/c1-4-36-21-10-15(12-31-22(21)34)14-5-7-19(18(27)9-14)33-23(35)32-16-6-8-20(37-24(2,3)13-26)17(11-16)25(28,29)30/h5-12,22,31,34H,4,13H2,1-3H3,(H2,32,33,35). The lowest BCUT2D eigenvalue weighted by Gasteiger charge is -2.25. The van der Waals surface area contributed by atoms with E-state index in [-0.39, 0.29) is 17.1 Å². The molecule has 0 fully saturated rings. The number of aliphatic hydroxyl groups is 1. The highest BCUT2D eigenvalue weighted by Gasteiger charge is 2.36. The zero-order valence-corrected chi connectivity index (χ0v) is 20.2. The van der Waals surface area contributed by atoms with Crippen molar-refractivity contribution in [3.05, 3.63) is 71.4 Å². The number of halogens is 5. The van der Waals surface area contributed by atoms with Crippen LogP contribution < -0.4 is 20.7 Å². The molecule has 0 bridgehead atoms. The van der Waals surface area contributed by atoms with Gasteiger partial charge in [-0.3, -0.25) is 0 Å². The third kappa shape index (κ3) is 7.13. The van der Waals surface area contributed by atoms with Crippen molar-refractivity contribution in [2.75, 3.05) is 23.9 Å². The highest BCUT2D eigenvalue weighted by Crippen LogP contribution is 2.39. The number of amides is 2. The second kappa shape index (κ2) is 11.1. The summed E-state index contributed by atoms with van der Waals surface area (Å²) in [6, 6.07) is 5.70. The molecule has 3 rings (SSSR count). The fraction of sp³-hybridized carbons (Fsp3) is 0.320. The molecule has 37 heavy (non-hydrogen) atoms. The molecule has 0 radical (unpaired) electrons. The number of hydrogen-bond acceptors (Lipinski definition) is 5. The monoisotopic (exact) mass is 527 g/mol. The minimum atomic E-state index is -4.84. The van der Waals surface area contributed by atoms with Gasteiger partial charge in [0.05, 0.1) is 17.9 Å². The molecule has 0 saturated heterocycles. The van der Waals surface area contributed by atoms with E-state index in [1.807, 2.05) is 0 Å². The Morgan fingerprint density at radius 3 is 2.49 bits per heavy atom. The van der Waals surface area contributed by atoms with Crippen molar-refractivity contribution in [3.63, 3.8) is 0 Å². The third-order valence-electron chi connectivity index (χ3n) is 5.08. The quantitative estimate of drug-likeness (QED) is 0.326. The van der Waals surface area contributed by atoms with Crippen LogP contribution in [-0.2, 0) is 10.9 Å². The summed E-state index contributed by atoms with van der Waals surface area (Å²) >= 11 is 0. The van der Waals surface area contributed by atoms with Crippen LogP contribution >= 0.6 is 0 Å². The Hall–Kier alpha value is -3.80. The number of aliphatic hydroxyl groups excluding tert-OH is 1. The first-order valence-corrected chi connectivity index (χ1v) is 11.2. The fourth-order valence-electron chi connectivity index (χ4n) is 3.30. The first-order valence-electron chi connectivity index (χ1n) is 11.2. The molecule has 2 amide bonds. The van der Waals surface area contributed by atoms with E-state index in [2.05, 4.69) is 16.0 Å². The number of carbonyl (C=O) groups is 1.